The first-order valence-corrected chi connectivity index (χ1v) is 13.7. The van der Waals surface area contributed by atoms with Crippen LogP contribution in [-0.2, 0) is 48.4 Å². The van der Waals surface area contributed by atoms with Gasteiger partial charge in [0.1, 0.15) is 36.8 Å². The van der Waals surface area contributed by atoms with Gasteiger partial charge in [-0.15, -0.1) is 0 Å². The van der Waals surface area contributed by atoms with Crippen LogP contribution in [0.25, 0.3) is 0 Å². The third-order valence-electron chi connectivity index (χ3n) is 6.05. The quantitative estimate of drug-likeness (QED) is 0.150. The van der Waals surface area contributed by atoms with Crippen molar-refractivity contribution in [1.82, 2.24) is 26.0 Å². The molecule has 2 aromatic heterocycles. The Kier molecular flexibility index (Phi) is 12.5. The van der Waals surface area contributed by atoms with Crippen LogP contribution in [0.2, 0.25) is 0 Å². The van der Waals surface area contributed by atoms with E-state index in [9.17, 15) is 28.8 Å². The number of nitrogens with zero attached hydrogens (tertiary/aromatic N) is 2. The van der Waals surface area contributed by atoms with Crippen molar-refractivity contribution in [3.8, 4) is 0 Å². The van der Waals surface area contributed by atoms with Crippen molar-refractivity contribution in [2.75, 3.05) is 6.54 Å². The van der Waals surface area contributed by atoms with Crippen LogP contribution in [0.15, 0.2) is 88.1 Å². The first-order chi connectivity index (χ1) is 21.5. The van der Waals surface area contributed by atoms with Crippen molar-refractivity contribution in [3.05, 3.63) is 96.4 Å². The Morgan fingerprint density at radius 3 is 1.93 bits per heavy atom. The molecule has 0 aliphatic heterocycles. The Bertz CT molecular complexity index is 1440. The van der Waals surface area contributed by atoms with Gasteiger partial charge in [0.2, 0.25) is 17.7 Å². The number of rotatable bonds is 14. The van der Waals surface area contributed by atoms with Gasteiger partial charge in [-0.1, -0.05) is 30.3 Å². The van der Waals surface area contributed by atoms with Crippen molar-refractivity contribution in [3.63, 3.8) is 0 Å². The third kappa shape index (κ3) is 11.4. The van der Waals surface area contributed by atoms with E-state index in [1.165, 1.54) is 31.3 Å². The minimum absolute atomic E-state index is 0.00438. The van der Waals surface area contributed by atoms with E-state index in [-0.39, 0.29) is 19.7 Å². The first-order valence-electron chi connectivity index (χ1n) is 13.7. The molecule has 15 nitrogen and oxygen atoms in total. The summed E-state index contributed by atoms with van der Waals surface area (Å²) in [5, 5.41) is 5.35. The molecule has 0 bridgehead atoms. The van der Waals surface area contributed by atoms with Gasteiger partial charge >= 0.3 is 6.09 Å². The van der Waals surface area contributed by atoms with Crippen LogP contribution in [0.4, 0.5) is 4.79 Å². The summed E-state index contributed by atoms with van der Waals surface area (Å²) in [4.78, 5) is 76.2. The van der Waals surface area contributed by atoms with Gasteiger partial charge < -0.3 is 34.8 Å². The van der Waals surface area contributed by atoms with E-state index in [1.807, 2.05) is 6.07 Å². The summed E-state index contributed by atoms with van der Waals surface area (Å²) in [6.07, 6.45) is 3.89. The van der Waals surface area contributed by atoms with Crippen LogP contribution >= 0.6 is 0 Å². The molecule has 6 amide bonds. The number of hydrogen-bond donors (Lipinski definition) is 4. The highest BCUT2D eigenvalue weighted by Gasteiger charge is 2.25. The number of hydrazine groups is 1. The highest BCUT2D eigenvalue weighted by Crippen LogP contribution is 2.12. The van der Waals surface area contributed by atoms with E-state index in [1.54, 1.807) is 48.5 Å². The Morgan fingerprint density at radius 2 is 1.38 bits per heavy atom. The van der Waals surface area contributed by atoms with Crippen molar-refractivity contribution in [2.24, 2.45) is 5.73 Å². The molecule has 1 aromatic carbocycles. The summed E-state index contributed by atoms with van der Waals surface area (Å²) in [7, 11) is 0. The second-order valence-electron chi connectivity index (χ2n) is 9.71. The van der Waals surface area contributed by atoms with E-state index in [0.717, 1.165) is 17.7 Å². The lowest BCUT2D eigenvalue weighted by molar-refractivity contribution is -0.142. The number of amides is 6. The molecule has 2 atom stereocenters. The molecular weight excluding hydrogens is 588 g/mol. The normalized spacial score (nSPS) is 12.0. The molecule has 2 heterocycles. The van der Waals surface area contributed by atoms with Gasteiger partial charge in [-0.3, -0.25) is 29.4 Å². The fourth-order valence-electron chi connectivity index (χ4n) is 3.70. The molecule has 0 aliphatic carbocycles. The van der Waals surface area contributed by atoms with Gasteiger partial charge in [-0.05, 0) is 43.7 Å². The largest absolute Gasteiger partial charge is 0.467 e. The fraction of sp³-hybridized carbons (Fsp3) is 0.267. The molecule has 15 heteroatoms. The minimum atomic E-state index is -1.21. The van der Waals surface area contributed by atoms with E-state index >= 15 is 0 Å². The second-order valence-corrected chi connectivity index (χ2v) is 9.71. The van der Waals surface area contributed by atoms with Crippen LogP contribution in [0.3, 0.4) is 0 Å². The minimum Gasteiger partial charge on any atom is -0.467 e. The smallest absolute Gasteiger partial charge is 0.408 e. The van der Waals surface area contributed by atoms with Crippen molar-refractivity contribution < 1.29 is 42.3 Å². The third-order valence-corrected chi connectivity index (χ3v) is 6.05. The summed E-state index contributed by atoms with van der Waals surface area (Å²) in [6.45, 7) is 2.12. The Morgan fingerprint density at radius 1 is 0.800 bits per heavy atom. The molecular formula is C30H34N6O9. The Labute approximate surface area is 258 Å². The molecule has 0 spiro atoms. The fourth-order valence-corrected chi connectivity index (χ4v) is 3.70. The Hall–Kier alpha value is -5.86. The Balaban J connectivity index is 1.55. The molecule has 3 rings (SSSR count). The lowest BCUT2D eigenvalue weighted by atomic mass is 10.2. The molecule has 45 heavy (non-hydrogen) atoms. The van der Waals surface area contributed by atoms with E-state index < -0.39 is 54.3 Å². The number of alkyl carbamates (subject to hydrolysis) is 1. The van der Waals surface area contributed by atoms with Crippen LogP contribution in [0.5, 0.6) is 0 Å². The summed E-state index contributed by atoms with van der Waals surface area (Å²) in [5.41, 5.74) is 8.20. The number of primary amides is 1. The van der Waals surface area contributed by atoms with Gasteiger partial charge in [-0.2, -0.15) is 0 Å². The topological polar surface area (TPSA) is 207 Å². The standard InChI is InChI=1S/C30H34N6O9/c1-20(33-30(42)45-19-22-8-4-3-5-9-22)28(40)32-21(2)29(41)34-36(18-25(31)37)27(39)13-12-26(38)35(16-23-10-6-14-43-23)17-24-11-7-15-44-24/h3-15,20-21H,16-19H2,1-2H3,(H2,31,37)(H,32,40)(H,33,42)(H,34,41)/b13-12+. The number of nitrogens with two attached hydrogens (primary N) is 1. The number of benzene rings is 1. The summed E-state index contributed by atoms with van der Waals surface area (Å²) in [5.74, 6) is -3.12. The van der Waals surface area contributed by atoms with E-state index in [2.05, 4.69) is 16.1 Å². The summed E-state index contributed by atoms with van der Waals surface area (Å²) >= 11 is 0. The number of carbonyl (C=O) groups excluding carboxylic acids is 6. The van der Waals surface area contributed by atoms with E-state index in [4.69, 9.17) is 19.3 Å². The van der Waals surface area contributed by atoms with Crippen molar-refractivity contribution in [2.45, 2.75) is 45.6 Å². The van der Waals surface area contributed by atoms with E-state index in [0.29, 0.717) is 16.5 Å². The molecule has 0 saturated heterocycles. The van der Waals surface area contributed by atoms with Gasteiger partial charge in [0, 0.05) is 12.2 Å². The van der Waals surface area contributed by atoms with Crippen LogP contribution in [0, 0.1) is 0 Å². The zero-order valence-electron chi connectivity index (χ0n) is 24.6. The van der Waals surface area contributed by atoms with Crippen LogP contribution < -0.4 is 21.8 Å². The highest BCUT2D eigenvalue weighted by molar-refractivity contribution is 5.99. The molecule has 0 radical (unpaired) electrons. The maximum atomic E-state index is 13.0. The second kappa shape index (κ2) is 16.7. The molecule has 0 saturated carbocycles. The number of carbonyl (C=O) groups is 6. The number of furan rings is 2. The van der Waals surface area contributed by atoms with Gasteiger partial charge in [0.05, 0.1) is 25.6 Å². The van der Waals surface area contributed by atoms with Gasteiger partial charge in [-0.25, -0.2) is 9.80 Å². The average Bonchev–Trinajstić information content (AvgIpc) is 3.73. The number of nitrogens with one attached hydrogen (secondary N) is 3. The summed E-state index contributed by atoms with van der Waals surface area (Å²) < 4.78 is 15.7. The highest BCUT2D eigenvalue weighted by atomic mass is 16.5. The molecule has 0 fully saturated rings. The van der Waals surface area contributed by atoms with Crippen LogP contribution in [-0.4, -0.2) is 64.2 Å². The number of hydrogen-bond acceptors (Lipinski definition) is 9. The number of ether oxygens (including phenoxy) is 1. The predicted octanol–water partition coefficient (Wildman–Crippen LogP) is 1.12. The van der Waals surface area contributed by atoms with Crippen molar-refractivity contribution in [1.29, 1.82) is 0 Å². The average molecular weight is 623 g/mol. The molecule has 0 aliphatic rings. The molecule has 2 unspecified atom stereocenters. The zero-order chi connectivity index (χ0) is 32.8. The maximum absolute atomic E-state index is 13.0. The maximum Gasteiger partial charge on any atom is 0.408 e. The SMILES string of the molecule is CC(NC(=O)OCc1ccccc1)C(=O)NC(C)C(=O)NN(CC(N)=O)C(=O)/C=C/C(=O)N(Cc1ccco1)Cc1ccco1. The van der Waals surface area contributed by atoms with Crippen LogP contribution in [0.1, 0.15) is 30.9 Å². The molecule has 3 aromatic rings. The first kappa shape index (κ1) is 33.6. The lowest BCUT2D eigenvalue weighted by Crippen LogP contribution is -2.56. The monoisotopic (exact) mass is 622 g/mol. The zero-order valence-corrected chi connectivity index (χ0v) is 24.6. The lowest BCUT2D eigenvalue weighted by Gasteiger charge is -2.24. The molecule has 5 N–H and O–H groups in total. The van der Waals surface area contributed by atoms with Gasteiger partial charge in [0.15, 0.2) is 0 Å². The molecule has 238 valence electrons. The van der Waals surface area contributed by atoms with Gasteiger partial charge in [0.25, 0.3) is 11.8 Å². The summed E-state index contributed by atoms with van der Waals surface area (Å²) in [6, 6.07) is 13.3. The predicted molar refractivity (Wildman–Crippen MR) is 157 cm³/mol. The van der Waals surface area contributed by atoms with Crippen molar-refractivity contribution >= 4 is 35.6 Å².